The summed E-state index contributed by atoms with van der Waals surface area (Å²) in [5.41, 5.74) is 8.01. The van der Waals surface area contributed by atoms with Crippen LogP contribution in [0.2, 0.25) is 0 Å². The number of thiol groups is 1. The van der Waals surface area contributed by atoms with Crippen molar-refractivity contribution in [2.24, 2.45) is 5.73 Å². The quantitative estimate of drug-likeness (QED) is 0.702. The molecule has 1 heterocycles. The molecular formula is C10H13NOS. The Bertz CT molecular complexity index is 314. The first-order valence-electron chi connectivity index (χ1n) is 4.45. The highest BCUT2D eigenvalue weighted by molar-refractivity contribution is 7.80. The normalized spacial score (nSPS) is 16.5. The van der Waals surface area contributed by atoms with Crippen molar-refractivity contribution < 1.29 is 4.74 Å². The molecule has 3 heteroatoms. The smallest absolute Gasteiger partial charge is 0.122 e. The maximum absolute atomic E-state index is 5.54. The Balaban J connectivity index is 2.30. The van der Waals surface area contributed by atoms with Crippen molar-refractivity contribution >= 4 is 12.6 Å². The summed E-state index contributed by atoms with van der Waals surface area (Å²) in [6.07, 6.45) is 1.01. The van der Waals surface area contributed by atoms with Gasteiger partial charge in [0.2, 0.25) is 0 Å². The van der Waals surface area contributed by atoms with Crippen molar-refractivity contribution in [1.82, 2.24) is 0 Å². The van der Waals surface area contributed by atoms with Gasteiger partial charge in [-0.3, -0.25) is 0 Å². The summed E-state index contributed by atoms with van der Waals surface area (Å²) in [5.74, 6) is 1.02. The van der Waals surface area contributed by atoms with E-state index in [-0.39, 0.29) is 5.25 Å². The predicted octanol–water partition coefficient (Wildman–Crippen LogP) is 1.55. The molecule has 1 aromatic rings. The number of ether oxygens (including phenoxy) is 1. The van der Waals surface area contributed by atoms with Crippen LogP contribution in [0.25, 0.3) is 0 Å². The summed E-state index contributed by atoms with van der Waals surface area (Å²) in [7, 11) is 0. The van der Waals surface area contributed by atoms with Crippen molar-refractivity contribution in [2.75, 3.05) is 13.2 Å². The fourth-order valence-corrected chi connectivity index (χ4v) is 1.71. The molecule has 13 heavy (non-hydrogen) atoms. The van der Waals surface area contributed by atoms with E-state index in [0.29, 0.717) is 6.54 Å². The number of rotatable bonds is 2. The van der Waals surface area contributed by atoms with Crippen molar-refractivity contribution in [3.63, 3.8) is 0 Å². The molecule has 0 radical (unpaired) electrons. The van der Waals surface area contributed by atoms with E-state index in [0.717, 1.165) is 18.8 Å². The van der Waals surface area contributed by atoms with Crippen LogP contribution in [0.3, 0.4) is 0 Å². The van der Waals surface area contributed by atoms with Gasteiger partial charge in [-0.2, -0.15) is 12.6 Å². The summed E-state index contributed by atoms with van der Waals surface area (Å²) >= 11 is 4.39. The molecule has 0 aromatic heterocycles. The summed E-state index contributed by atoms with van der Waals surface area (Å²) in [6, 6.07) is 6.19. The van der Waals surface area contributed by atoms with Gasteiger partial charge in [0.15, 0.2) is 0 Å². The first-order valence-corrected chi connectivity index (χ1v) is 4.96. The monoisotopic (exact) mass is 195 g/mol. The standard InChI is InChI=1S/C10H13NOS/c11-6-10(13)8-1-2-9-7(5-8)3-4-12-9/h1-2,5,10,13H,3-4,6,11H2. The minimum absolute atomic E-state index is 0.144. The van der Waals surface area contributed by atoms with E-state index < -0.39 is 0 Å². The lowest BCUT2D eigenvalue weighted by Crippen LogP contribution is -2.06. The molecule has 1 aromatic carbocycles. The van der Waals surface area contributed by atoms with Gasteiger partial charge in [-0.15, -0.1) is 0 Å². The van der Waals surface area contributed by atoms with Gasteiger partial charge in [0.1, 0.15) is 5.75 Å². The SMILES string of the molecule is NCC(S)c1ccc2c(c1)CCO2. The lowest BCUT2D eigenvalue weighted by atomic mass is 10.1. The Morgan fingerprint density at radius 3 is 3.15 bits per heavy atom. The molecule has 0 fully saturated rings. The van der Waals surface area contributed by atoms with Crippen LogP contribution in [0.15, 0.2) is 18.2 Å². The third-order valence-corrected chi connectivity index (χ3v) is 2.83. The van der Waals surface area contributed by atoms with Crippen LogP contribution in [0.4, 0.5) is 0 Å². The first-order chi connectivity index (χ1) is 6.31. The molecule has 0 saturated heterocycles. The fourth-order valence-electron chi connectivity index (χ4n) is 1.55. The molecule has 0 spiro atoms. The second-order valence-electron chi connectivity index (χ2n) is 3.22. The third-order valence-electron chi connectivity index (χ3n) is 2.32. The maximum atomic E-state index is 5.54. The molecule has 2 N–H and O–H groups in total. The molecule has 1 atom stereocenters. The van der Waals surface area contributed by atoms with E-state index in [1.807, 2.05) is 12.1 Å². The molecule has 70 valence electrons. The molecule has 1 unspecified atom stereocenters. The highest BCUT2D eigenvalue weighted by atomic mass is 32.1. The van der Waals surface area contributed by atoms with Crippen LogP contribution in [-0.4, -0.2) is 13.2 Å². The minimum atomic E-state index is 0.144. The lowest BCUT2D eigenvalue weighted by Gasteiger charge is -2.09. The van der Waals surface area contributed by atoms with Crippen LogP contribution < -0.4 is 10.5 Å². The maximum Gasteiger partial charge on any atom is 0.122 e. The number of hydrogen-bond donors (Lipinski definition) is 2. The molecule has 1 aliphatic rings. The second-order valence-corrected chi connectivity index (χ2v) is 3.84. The lowest BCUT2D eigenvalue weighted by molar-refractivity contribution is 0.357. The van der Waals surface area contributed by atoms with Gasteiger partial charge >= 0.3 is 0 Å². The second kappa shape index (κ2) is 3.60. The fraction of sp³-hybridized carbons (Fsp3) is 0.400. The van der Waals surface area contributed by atoms with Gasteiger partial charge in [0.25, 0.3) is 0 Å². The molecule has 0 aliphatic carbocycles. The number of fused-ring (bicyclic) bond motifs is 1. The number of benzene rings is 1. The Morgan fingerprint density at radius 1 is 1.54 bits per heavy atom. The van der Waals surface area contributed by atoms with E-state index in [9.17, 15) is 0 Å². The first kappa shape index (κ1) is 8.91. The Kier molecular flexibility index (Phi) is 2.47. The minimum Gasteiger partial charge on any atom is -0.493 e. The highest BCUT2D eigenvalue weighted by Gasteiger charge is 2.13. The van der Waals surface area contributed by atoms with Crippen molar-refractivity contribution in [3.05, 3.63) is 29.3 Å². The molecular weight excluding hydrogens is 182 g/mol. The molecule has 1 aliphatic heterocycles. The van der Waals surface area contributed by atoms with Crippen LogP contribution in [-0.2, 0) is 6.42 Å². The Hall–Kier alpha value is -0.670. The summed E-state index contributed by atoms with van der Waals surface area (Å²) in [6.45, 7) is 1.38. The Labute approximate surface area is 83.5 Å². The topological polar surface area (TPSA) is 35.2 Å². The van der Waals surface area contributed by atoms with Gasteiger partial charge in [-0.05, 0) is 17.2 Å². The number of hydrogen-bond acceptors (Lipinski definition) is 3. The van der Waals surface area contributed by atoms with E-state index in [1.165, 1.54) is 11.1 Å². The zero-order chi connectivity index (χ0) is 9.26. The van der Waals surface area contributed by atoms with Gasteiger partial charge in [0.05, 0.1) is 6.61 Å². The summed E-state index contributed by atoms with van der Waals surface area (Å²) in [4.78, 5) is 0. The van der Waals surface area contributed by atoms with E-state index in [1.54, 1.807) is 0 Å². The molecule has 2 rings (SSSR count). The van der Waals surface area contributed by atoms with Gasteiger partial charge in [-0.25, -0.2) is 0 Å². The van der Waals surface area contributed by atoms with Crippen LogP contribution >= 0.6 is 12.6 Å². The van der Waals surface area contributed by atoms with E-state index in [2.05, 4.69) is 18.7 Å². The largest absolute Gasteiger partial charge is 0.493 e. The average Bonchev–Trinajstić information content (AvgIpc) is 2.63. The molecule has 0 amide bonds. The van der Waals surface area contributed by atoms with E-state index in [4.69, 9.17) is 10.5 Å². The van der Waals surface area contributed by atoms with Gasteiger partial charge in [-0.1, -0.05) is 12.1 Å². The van der Waals surface area contributed by atoms with Crippen molar-refractivity contribution in [2.45, 2.75) is 11.7 Å². The molecule has 0 bridgehead atoms. The average molecular weight is 195 g/mol. The Morgan fingerprint density at radius 2 is 2.38 bits per heavy atom. The molecule has 0 saturated carbocycles. The van der Waals surface area contributed by atoms with Crippen LogP contribution in [0.5, 0.6) is 5.75 Å². The number of nitrogens with two attached hydrogens (primary N) is 1. The van der Waals surface area contributed by atoms with Gasteiger partial charge < -0.3 is 10.5 Å². The molecule has 2 nitrogen and oxygen atoms in total. The van der Waals surface area contributed by atoms with Crippen LogP contribution in [0, 0.1) is 0 Å². The summed E-state index contributed by atoms with van der Waals surface area (Å²) in [5, 5.41) is 0.144. The van der Waals surface area contributed by atoms with Crippen molar-refractivity contribution in [1.29, 1.82) is 0 Å². The van der Waals surface area contributed by atoms with E-state index >= 15 is 0 Å². The zero-order valence-electron chi connectivity index (χ0n) is 7.36. The van der Waals surface area contributed by atoms with Crippen LogP contribution in [0.1, 0.15) is 16.4 Å². The zero-order valence-corrected chi connectivity index (χ0v) is 8.26. The highest BCUT2D eigenvalue weighted by Crippen LogP contribution is 2.29. The predicted molar refractivity (Wildman–Crippen MR) is 56.4 cm³/mol. The van der Waals surface area contributed by atoms with Gasteiger partial charge in [0, 0.05) is 18.2 Å². The summed E-state index contributed by atoms with van der Waals surface area (Å²) < 4.78 is 5.41. The van der Waals surface area contributed by atoms with Crippen molar-refractivity contribution in [3.8, 4) is 5.75 Å². The third kappa shape index (κ3) is 1.67.